The summed E-state index contributed by atoms with van der Waals surface area (Å²) in [6.07, 6.45) is 0. The number of hydrogen-bond donors (Lipinski definition) is 4. The van der Waals surface area contributed by atoms with Crippen molar-refractivity contribution in [3.05, 3.63) is 53.6 Å². The third-order valence-electron chi connectivity index (χ3n) is 3.39. The van der Waals surface area contributed by atoms with Crippen LogP contribution in [0, 0.1) is 6.92 Å². The lowest BCUT2D eigenvalue weighted by molar-refractivity contribution is 0.229. The zero-order valence-electron chi connectivity index (χ0n) is 11.9. The Kier molecular flexibility index (Phi) is 3.75. The van der Waals surface area contributed by atoms with Gasteiger partial charge < -0.3 is 0 Å². The molecule has 7 nitrogen and oxygen atoms in total. The summed E-state index contributed by atoms with van der Waals surface area (Å²) in [6.45, 7) is 2.18. The van der Waals surface area contributed by atoms with Crippen LogP contribution in [-0.2, 0) is 16.6 Å². The van der Waals surface area contributed by atoms with Crippen LogP contribution in [0.2, 0.25) is 0 Å². The third-order valence-corrected chi connectivity index (χ3v) is 4.79. The summed E-state index contributed by atoms with van der Waals surface area (Å²) in [6, 6.07) is 12.1. The average Bonchev–Trinajstić information content (AvgIpc) is 2.88. The number of rotatable bonds is 4. The highest BCUT2D eigenvalue weighted by Gasteiger charge is 2.21. The molecule has 0 spiro atoms. The van der Waals surface area contributed by atoms with Crippen LogP contribution in [0.5, 0.6) is 0 Å². The molecular formula is C14H16N4O3S. The number of nitrogens with one attached hydrogen (secondary N) is 3. The third kappa shape index (κ3) is 2.90. The number of hydrazine groups is 2. The van der Waals surface area contributed by atoms with Crippen molar-refractivity contribution in [1.29, 1.82) is 0 Å². The van der Waals surface area contributed by atoms with Crippen molar-refractivity contribution in [3.8, 4) is 0 Å². The minimum absolute atomic E-state index is 0.0860. The zero-order chi connectivity index (χ0) is 15.7. The highest BCUT2D eigenvalue weighted by Crippen LogP contribution is 2.30. The van der Waals surface area contributed by atoms with Gasteiger partial charge in [0, 0.05) is 6.54 Å². The summed E-state index contributed by atoms with van der Waals surface area (Å²) in [7, 11) is -3.66. The van der Waals surface area contributed by atoms with Gasteiger partial charge in [0.15, 0.2) is 0 Å². The van der Waals surface area contributed by atoms with Gasteiger partial charge in [-0.15, -0.1) is 5.53 Å². The van der Waals surface area contributed by atoms with E-state index >= 15 is 0 Å². The van der Waals surface area contributed by atoms with Gasteiger partial charge in [0.05, 0.1) is 10.6 Å². The second-order valence-corrected chi connectivity index (χ2v) is 6.80. The normalized spacial score (nSPS) is 13.8. The molecule has 0 radical (unpaired) electrons. The Morgan fingerprint density at radius 1 is 1.18 bits per heavy atom. The molecule has 1 aliphatic heterocycles. The fraction of sp³-hybridized carbons (Fsp3) is 0.143. The smallest absolute Gasteiger partial charge is 0.240 e. The van der Waals surface area contributed by atoms with Crippen LogP contribution in [0.25, 0.3) is 0 Å². The molecule has 2 aromatic carbocycles. The average molecular weight is 320 g/mol. The van der Waals surface area contributed by atoms with E-state index in [0.717, 1.165) is 16.3 Å². The first-order valence-corrected chi connectivity index (χ1v) is 8.14. The van der Waals surface area contributed by atoms with Crippen LogP contribution in [0.4, 0.5) is 11.4 Å². The SMILES string of the molecule is Cc1ccc(CNS(=O)(=O)c2ccc3c(c2)N(O)NN3)cc1. The molecule has 3 rings (SSSR count). The number of hydrogen-bond acceptors (Lipinski definition) is 6. The first-order valence-electron chi connectivity index (χ1n) is 6.66. The standard InChI is InChI=1S/C14H16N4O3S/c1-10-2-4-11(5-3-10)9-15-22(20,21)12-6-7-13-14(8-12)18(19)17-16-13/h2-8,15-17,19H,9H2,1H3. The van der Waals surface area contributed by atoms with Crippen LogP contribution in [0.15, 0.2) is 47.4 Å². The topological polar surface area (TPSA) is 93.7 Å². The maximum absolute atomic E-state index is 12.3. The van der Waals surface area contributed by atoms with E-state index in [9.17, 15) is 13.6 Å². The van der Waals surface area contributed by atoms with E-state index in [1.54, 1.807) is 6.07 Å². The van der Waals surface area contributed by atoms with Gasteiger partial charge in [-0.3, -0.25) is 10.6 Å². The number of sulfonamides is 1. The largest absolute Gasteiger partial charge is 0.300 e. The van der Waals surface area contributed by atoms with E-state index in [1.807, 2.05) is 31.2 Å². The molecule has 116 valence electrons. The fourth-order valence-electron chi connectivity index (χ4n) is 2.10. The first-order chi connectivity index (χ1) is 10.5. The van der Waals surface area contributed by atoms with Gasteiger partial charge in [-0.1, -0.05) is 29.8 Å². The predicted molar refractivity (Wildman–Crippen MR) is 82.7 cm³/mol. The molecule has 22 heavy (non-hydrogen) atoms. The van der Waals surface area contributed by atoms with Gasteiger partial charge in [-0.25, -0.2) is 13.1 Å². The highest BCUT2D eigenvalue weighted by atomic mass is 32.2. The summed E-state index contributed by atoms with van der Waals surface area (Å²) in [5, 5.41) is 10.3. The molecule has 2 aromatic rings. The molecular weight excluding hydrogens is 304 g/mol. The molecule has 0 amide bonds. The van der Waals surface area contributed by atoms with Crippen molar-refractivity contribution in [1.82, 2.24) is 10.3 Å². The molecule has 0 aliphatic carbocycles. The van der Waals surface area contributed by atoms with Crippen molar-refractivity contribution >= 4 is 21.4 Å². The summed E-state index contributed by atoms with van der Waals surface area (Å²) in [5.74, 6) is 0. The quantitative estimate of drug-likeness (QED) is 0.682. The minimum Gasteiger partial charge on any atom is -0.300 e. The van der Waals surface area contributed by atoms with Crippen molar-refractivity contribution in [2.75, 3.05) is 10.6 Å². The van der Waals surface area contributed by atoms with E-state index in [0.29, 0.717) is 11.4 Å². The number of fused-ring (bicyclic) bond motifs is 1. The summed E-state index contributed by atoms with van der Waals surface area (Å²) in [4.78, 5) is 0.0860. The molecule has 0 fully saturated rings. The Morgan fingerprint density at radius 2 is 1.91 bits per heavy atom. The first kappa shape index (κ1) is 14.8. The molecule has 0 atom stereocenters. The van der Waals surface area contributed by atoms with E-state index in [2.05, 4.69) is 15.7 Å². The van der Waals surface area contributed by atoms with Crippen molar-refractivity contribution in [3.63, 3.8) is 0 Å². The molecule has 4 N–H and O–H groups in total. The summed E-state index contributed by atoms with van der Waals surface area (Å²) < 4.78 is 27.2. The molecule has 0 bridgehead atoms. The molecule has 0 aromatic heterocycles. The van der Waals surface area contributed by atoms with Gasteiger partial charge in [0.25, 0.3) is 0 Å². The lowest BCUT2D eigenvalue weighted by atomic mass is 10.2. The van der Waals surface area contributed by atoms with Crippen molar-refractivity contribution < 1.29 is 13.6 Å². The zero-order valence-corrected chi connectivity index (χ0v) is 12.7. The number of nitrogens with zero attached hydrogens (tertiary/aromatic N) is 1. The Labute approximate surface area is 128 Å². The Bertz CT molecular complexity index is 790. The number of anilines is 2. The van der Waals surface area contributed by atoms with Gasteiger partial charge in [0.2, 0.25) is 10.0 Å². The van der Waals surface area contributed by atoms with E-state index in [-0.39, 0.29) is 11.4 Å². The van der Waals surface area contributed by atoms with Crippen molar-refractivity contribution in [2.45, 2.75) is 18.4 Å². The molecule has 8 heteroatoms. The number of aryl methyl sites for hydroxylation is 1. The minimum atomic E-state index is -3.66. The summed E-state index contributed by atoms with van der Waals surface area (Å²) >= 11 is 0. The van der Waals surface area contributed by atoms with E-state index < -0.39 is 10.0 Å². The molecule has 1 heterocycles. The second-order valence-electron chi connectivity index (χ2n) is 5.04. The lowest BCUT2D eigenvalue weighted by Crippen LogP contribution is -2.32. The van der Waals surface area contributed by atoms with Crippen LogP contribution in [0.3, 0.4) is 0 Å². The highest BCUT2D eigenvalue weighted by molar-refractivity contribution is 7.89. The molecule has 1 aliphatic rings. The second kappa shape index (κ2) is 5.58. The van der Waals surface area contributed by atoms with Gasteiger partial charge >= 0.3 is 0 Å². The van der Waals surface area contributed by atoms with Crippen LogP contribution < -0.4 is 20.9 Å². The Morgan fingerprint density at radius 3 is 2.64 bits per heavy atom. The lowest BCUT2D eigenvalue weighted by Gasteiger charge is -2.10. The number of benzene rings is 2. The Balaban J connectivity index is 1.78. The summed E-state index contributed by atoms with van der Waals surface area (Å²) in [5.41, 5.74) is 8.09. The van der Waals surface area contributed by atoms with E-state index in [1.165, 1.54) is 12.1 Å². The van der Waals surface area contributed by atoms with Crippen LogP contribution in [-0.4, -0.2) is 13.6 Å². The Hall–Kier alpha value is -2.13. The van der Waals surface area contributed by atoms with Gasteiger partial charge in [-0.2, -0.15) is 5.17 Å². The van der Waals surface area contributed by atoms with Gasteiger partial charge in [-0.05, 0) is 30.7 Å². The molecule has 0 unspecified atom stereocenters. The predicted octanol–water partition coefficient (Wildman–Crippen LogP) is 1.51. The van der Waals surface area contributed by atoms with Crippen LogP contribution >= 0.6 is 0 Å². The van der Waals surface area contributed by atoms with Crippen molar-refractivity contribution in [2.24, 2.45) is 0 Å². The van der Waals surface area contributed by atoms with Gasteiger partial charge in [0.1, 0.15) is 5.69 Å². The molecule has 0 saturated carbocycles. The van der Waals surface area contributed by atoms with Crippen LogP contribution in [0.1, 0.15) is 11.1 Å². The monoisotopic (exact) mass is 320 g/mol. The fourth-order valence-corrected chi connectivity index (χ4v) is 3.14. The van der Waals surface area contributed by atoms with E-state index in [4.69, 9.17) is 0 Å². The maximum Gasteiger partial charge on any atom is 0.240 e. The molecule has 0 saturated heterocycles. The maximum atomic E-state index is 12.3.